The summed E-state index contributed by atoms with van der Waals surface area (Å²) in [7, 11) is 1.56. The van der Waals surface area contributed by atoms with Crippen molar-refractivity contribution in [2.45, 2.75) is 32.2 Å². The quantitative estimate of drug-likeness (QED) is 0.568. The molecule has 0 fully saturated rings. The minimum absolute atomic E-state index is 0.265. The molecule has 0 aliphatic rings. The van der Waals surface area contributed by atoms with Crippen LogP contribution in [0.3, 0.4) is 0 Å². The van der Waals surface area contributed by atoms with E-state index >= 15 is 0 Å². The van der Waals surface area contributed by atoms with E-state index in [4.69, 9.17) is 4.74 Å². The zero-order valence-electron chi connectivity index (χ0n) is 13.0. The van der Waals surface area contributed by atoms with Crippen LogP contribution in [0.5, 0.6) is 5.88 Å². The normalized spacial score (nSPS) is 12.0. The second-order valence-corrected chi connectivity index (χ2v) is 6.35. The number of nitrogens with one attached hydrogen (secondary N) is 1. The fourth-order valence-electron chi connectivity index (χ4n) is 2.47. The molecule has 1 N–H and O–H groups in total. The van der Waals surface area contributed by atoms with Crippen LogP contribution in [0.25, 0.3) is 0 Å². The second-order valence-electron chi connectivity index (χ2n) is 5.20. The number of aromatic nitrogens is 2. The van der Waals surface area contributed by atoms with E-state index in [0.29, 0.717) is 18.0 Å². The Labute approximate surface area is 139 Å². The molecule has 2 rings (SSSR count). The summed E-state index contributed by atoms with van der Waals surface area (Å²) in [6.07, 6.45) is 3.84. The van der Waals surface area contributed by atoms with Gasteiger partial charge >= 0.3 is 139 Å². The van der Waals surface area contributed by atoms with Crippen LogP contribution >= 0.6 is 0 Å². The van der Waals surface area contributed by atoms with E-state index in [0.717, 1.165) is 23.7 Å². The molecule has 118 valence electrons. The van der Waals surface area contributed by atoms with Crippen molar-refractivity contribution in [3.8, 4) is 5.88 Å². The molecule has 0 saturated heterocycles. The first-order chi connectivity index (χ1) is 10.7. The van der Waals surface area contributed by atoms with Crippen LogP contribution < -0.4 is 14.5 Å². The van der Waals surface area contributed by atoms with Crippen molar-refractivity contribution in [3.05, 3.63) is 35.9 Å². The molecule has 0 saturated carbocycles. The molecule has 2 unspecified atom stereocenters. The Balaban J connectivity index is 2.00. The molecule has 0 radical (unpaired) electrons. The van der Waals surface area contributed by atoms with Gasteiger partial charge in [0.2, 0.25) is 0 Å². The van der Waals surface area contributed by atoms with Gasteiger partial charge in [0.25, 0.3) is 0 Å². The first-order valence-corrected chi connectivity index (χ1v) is 8.54. The fourth-order valence-corrected chi connectivity index (χ4v) is 3.56. The summed E-state index contributed by atoms with van der Waals surface area (Å²) in [6.45, 7) is 2.14. The van der Waals surface area contributed by atoms with Gasteiger partial charge in [-0.15, -0.1) is 0 Å². The van der Waals surface area contributed by atoms with Gasteiger partial charge in [0.15, 0.2) is 0 Å². The SMILES string of the molecule is COc1nn(C(C)CCCc2ccccc2)c([AsH2])c1NC=O. The van der Waals surface area contributed by atoms with Gasteiger partial charge in [-0.2, -0.15) is 0 Å². The summed E-state index contributed by atoms with van der Waals surface area (Å²) in [5, 5.41) is 7.14. The second kappa shape index (κ2) is 8.04. The minimum atomic E-state index is 0.265. The number of nitrogens with zero attached hydrogens (tertiary/aromatic N) is 2. The number of hydrogen-bond acceptors (Lipinski definition) is 3. The summed E-state index contributed by atoms with van der Waals surface area (Å²) in [5.41, 5.74) is 2.03. The zero-order chi connectivity index (χ0) is 15.9. The number of rotatable bonds is 8. The molecule has 0 spiro atoms. The molecule has 1 heterocycles. The van der Waals surface area contributed by atoms with Crippen molar-refractivity contribution in [1.82, 2.24) is 9.78 Å². The number of methoxy groups -OCH3 is 1. The molecule has 22 heavy (non-hydrogen) atoms. The summed E-state index contributed by atoms with van der Waals surface area (Å²) >= 11 is 1.43. The molecular formula is C16H22AsN3O2. The van der Waals surface area contributed by atoms with E-state index in [1.54, 1.807) is 7.11 Å². The van der Waals surface area contributed by atoms with E-state index in [9.17, 15) is 4.79 Å². The maximum absolute atomic E-state index is 10.7. The Hall–Kier alpha value is -1.74. The van der Waals surface area contributed by atoms with Gasteiger partial charge in [0.1, 0.15) is 0 Å². The van der Waals surface area contributed by atoms with Crippen molar-refractivity contribution in [2.24, 2.45) is 0 Å². The van der Waals surface area contributed by atoms with E-state index in [-0.39, 0.29) is 6.04 Å². The Kier molecular flexibility index (Phi) is 6.08. The van der Waals surface area contributed by atoms with Gasteiger partial charge in [-0.1, -0.05) is 0 Å². The van der Waals surface area contributed by atoms with Gasteiger partial charge in [-0.3, -0.25) is 0 Å². The number of aryl methyl sites for hydroxylation is 1. The van der Waals surface area contributed by atoms with Crippen LogP contribution in [-0.4, -0.2) is 40.2 Å². The number of ether oxygens (including phenoxy) is 1. The molecule has 5 nitrogen and oxygen atoms in total. The van der Waals surface area contributed by atoms with E-state index in [2.05, 4.69) is 41.6 Å². The zero-order valence-corrected chi connectivity index (χ0v) is 15.4. The molecule has 1 amide bonds. The molecule has 1 aromatic heterocycles. The van der Waals surface area contributed by atoms with Crippen molar-refractivity contribution < 1.29 is 9.53 Å². The van der Waals surface area contributed by atoms with Gasteiger partial charge in [0.05, 0.1) is 0 Å². The van der Waals surface area contributed by atoms with E-state index < -0.39 is 0 Å². The Morgan fingerprint density at radius 2 is 2.14 bits per heavy atom. The predicted molar refractivity (Wildman–Crippen MR) is 90.7 cm³/mol. The standard InChI is InChI=1S/C16H22AsN3O2/c1-12(7-6-10-13-8-4-3-5-9-13)20-15(17)14(18-11-21)16(19-20)22-2/h3-5,8-9,11-12H,6-7,10,17H2,1-2H3,(H,18,21). The summed E-state index contributed by atoms with van der Waals surface area (Å²) in [6, 6.07) is 10.8. The van der Waals surface area contributed by atoms with Crippen molar-refractivity contribution >= 4 is 33.4 Å². The number of carbonyl (C=O) groups excluding carboxylic acids is 1. The van der Waals surface area contributed by atoms with Gasteiger partial charge in [-0.25, -0.2) is 0 Å². The number of anilines is 1. The van der Waals surface area contributed by atoms with Gasteiger partial charge in [0, 0.05) is 0 Å². The third kappa shape index (κ3) is 3.92. The Morgan fingerprint density at radius 3 is 2.77 bits per heavy atom. The monoisotopic (exact) mass is 363 g/mol. The van der Waals surface area contributed by atoms with Crippen LogP contribution in [0.4, 0.5) is 5.69 Å². The molecule has 6 heteroatoms. The Morgan fingerprint density at radius 1 is 1.41 bits per heavy atom. The molecule has 1 aromatic carbocycles. The predicted octanol–water partition coefficient (Wildman–Crippen LogP) is 1.30. The fraction of sp³-hybridized carbons (Fsp3) is 0.375. The third-order valence-electron chi connectivity index (χ3n) is 3.66. The molecule has 2 atom stereocenters. The van der Waals surface area contributed by atoms with Crippen LogP contribution in [0, 0.1) is 0 Å². The number of carbonyl (C=O) groups is 1. The average molecular weight is 363 g/mol. The van der Waals surface area contributed by atoms with E-state index in [1.807, 2.05) is 10.7 Å². The van der Waals surface area contributed by atoms with Crippen molar-refractivity contribution in [1.29, 1.82) is 0 Å². The van der Waals surface area contributed by atoms with Crippen molar-refractivity contribution in [2.75, 3.05) is 12.4 Å². The third-order valence-corrected chi connectivity index (χ3v) is 4.82. The van der Waals surface area contributed by atoms with Crippen LogP contribution in [0.1, 0.15) is 31.4 Å². The topological polar surface area (TPSA) is 56.1 Å². The van der Waals surface area contributed by atoms with E-state index in [1.165, 1.54) is 22.4 Å². The molecular weight excluding hydrogens is 341 g/mol. The number of hydrogen-bond donors (Lipinski definition) is 1. The molecule has 0 bridgehead atoms. The average Bonchev–Trinajstić information content (AvgIpc) is 2.85. The summed E-state index contributed by atoms with van der Waals surface area (Å²) in [5.74, 6) is 0.474. The first kappa shape index (κ1) is 16.6. The Bertz CT molecular complexity index is 613. The van der Waals surface area contributed by atoms with Crippen LogP contribution in [-0.2, 0) is 11.2 Å². The molecule has 0 aliphatic carbocycles. The van der Waals surface area contributed by atoms with Crippen LogP contribution in [0.2, 0.25) is 0 Å². The number of benzene rings is 1. The van der Waals surface area contributed by atoms with Gasteiger partial charge in [-0.05, 0) is 0 Å². The van der Waals surface area contributed by atoms with Crippen LogP contribution in [0.15, 0.2) is 30.3 Å². The maximum atomic E-state index is 10.7. The first-order valence-electron chi connectivity index (χ1n) is 7.33. The van der Waals surface area contributed by atoms with Crippen molar-refractivity contribution in [3.63, 3.8) is 0 Å². The molecule has 0 aliphatic heterocycles. The number of amides is 1. The molecule has 2 aromatic rings. The summed E-state index contributed by atoms with van der Waals surface area (Å²) in [4.78, 5) is 10.7. The van der Waals surface area contributed by atoms with Gasteiger partial charge < -0.3 is 0 Å². The summed E-state index contributed by atoms with van der Waals surface area (Å²) < 4.78 is 8.17.